The summed E-state index contributed by atoms with van der Waals surface area (Å²) in [4.78, 5) is 42.4. The molecule has 4 atom stereocenters. The summed E-state index contributed by atoms with van der Waals surface area (Å²) in [5, 5.41) is 36.5. The highest BCUT2D eigenvalue weighted by Gasteiger charge is 2.46. The average molecular weight is 552 g/mol. The van der Waals surface area contributed by atoms with Crippen molar-refractivity contribution in [1.29, 1.82) is 0 Å². The molecule has 210 valence electrons. The summed E-state index contributed by atoms with van der Waals surface area (Å²) in [6.07, 6.45) is -1.67. The number of ether oxygens (including phenoxy) is 1. The third-order valence-electron chi connectivity index (χ3n) is 8.79. The maximum atomic E-state index is 15.0. The largest absolute Gasteiger partial charge is 0.458 e. The third-order valence-corrected chi connectivity index (χ3v) is 8.79. The molecule has 0 saturated heterocycles. The van der Waals surface area contributed by atoms with Crippen LogP contribution in [0.4, 0.5) is 4.39 Å². The van der Waals surface area contributed by atoms with Crippen LogP contribution in [0.25, 0.3) is 22.3 Å². The normalized spacial score (nSPS) is 22.3. The Morgan fingerprint density at radius 1 is 1.27 bits per heavy atom. The Labute approximate surface area is 228 Å². The van der Waals surface area contributed by atoms with E-state index < -0.39 is 41.1 Å². The fraction of sp³-hybridized carbons (Fsp3) is 0.448. The van der Waals surface area contributed by atoms with Gasteiger partial charge in [0, 0.05) is 42.0 Å². The van der Waals surface area contributed by atoms with Crippen molar-refractivity contribution >= 4 is 22.8 Å². The first-order valence-electron chi connectivity index (χ1n) is 13.4. The predicted molar refractivity (Wildman–Crippen MR) is 141 cm³/mol. The van der Waals surface area contributed by atoms with Gasteiger partial charge in [0.2, 0.25) is 5.91 Å². The third kappa shape index (κ3) is 3.64. The number of rotatable bonds is 5. The van der Waals surface area contributed by atoms with E-state index in [1.165, 1.54) is 17.6 Å². The highest BCUT2D eigenvalue weighted by molar-refractivity contribution is 5.93. The summed E-state index contributed by atoms with van der Waals surface area (Å²) >= 11 is 0. The van der Waals surface area contributed by atoms with Crippen LogP contribution in [-0.4, -0.2) is 55.5 Å². The molecule has 2 aliphatic heterocycles. The highest BCUT2D eigenvalue weighted by Crippen LogP contribution is 2.47. The van der Waals surface area contributed by atoms with Crippen molar-refractivity contribution < 1.29 is 34.0 Å². The van der Waals surface area contributed by atoms with E-state index >= 15 is 4.39 Å². The summed E-state index contributed by atoms with van der Waals surface area (Å²) < 4.78 is 21.7. The molecule has 0 fully saturated rings. The fourth-order valence-electron chi connectivity index (χ4n) is 6.57. The summed E-state index contributed by atoms with van der Waals surface area (Å²) in [6, 6.07) is 2.92. The van der Waals surface area contributed by atoms with Gasteiger partial charge in [-0.05, 0) is 48.9 Å². The molecule has 4 heterocycles. The Morgan fingerprint density at radius 3 is 2.73 bits per heavy atom. The zero-order valence-corrected chi connectivity index (χ0v) is 22.4. The van der Waals surface area contributed by atoms with Crippen LogP contribution in [0, 0.1) is 12.7 Å². The number of carbonyl (C=O) groups excluding carboxylic acids is 2. The molecular formula is C29H30FN3O7. The molecule has 1 amide bonds. The van der Waals surface area contributed by atoms with Gasteiger partial charge in [-0.25, -0.2) is 14.2 Å². The lowest BCUT2D eigenvalue weighted by Crippen LogP contribution is -2.44. The van der Waals surface area contributed by atoms with E-state index in [2.05, 4.69) is 5.32 Å². The summed E-state index contributed by atoms with van der Waals surface area (Å²) in [5.74, 6) is -2.18. The number of hydrogen-bond acceptors (Lipinski definition) is 8. The van der Waals surface area contributed by atoms with Gasteiger partial charge in [0.05, 0.1) is 41.2 Å². The number of esters is 1. The van der Waals surface area contributed by atoms with E-state index in [-0.39, 0.29) is 43.2 Å². The fourth-order valence-corrected chi connectivity index (χ4v) is 6.57. The topological polar surface area (TPSA) is 151 Å². The molecule has 10 nitrogen and oxygen atoms in total. The van der Waals surface area contributed by atoms with Crippen molar-refractivity contribution in [3.05, 3.63) is 61.7 Å². The second-order valence-corrected chi connectivity index (χ2v) is 11.0. The minimum atomic E-state index is -1.99. The number of hydrogen-bond donors (Lipinski definition) is 4. The molecule has 11 heteroatoms. The number of cyclic esters (lactones) is 1. The van der Waals surface area contributed by atoms with Crippen molar-refractivity contribution in [1.82, 2.24) is 14.9 Å². The number of nitrogens with one attached hydrogen (secondary N) is 1. The lowest BCUT2D eigenvalue weighted by atomic mass is 9.75. The van der Waals surface area contributed by atoms with E-state index in [1.54, 1.807) is 19.9 Å². The molecular weight excluding hydrogens is 521 g/mol. The minimum Gasteiger partial charge on any atom is -0.458 e. The Morgan fingerprint density at radius 2 is 2.02 bits per heavy atom. The number of nitrogens with zero attached hydrogens (tertiary/aromatic N) is 2. The van der Waals surface area contributed by atoms with Crippen molar-refractivity contribution in [2.24, 2.45) is 0 Å². The molecule has 0 saturated carbocycles. The van der Waals surface area contributed by atoms with Crippen LogP contribution in [0.15, 0.2) is 16.9 Å². The molecule has 2 aromatic heterocycles. The Bertz CT molecular complexity index is 1680. The number of aryl methyl sites for hydroxylation is 1. The molecule has 4 N–H and O–H groups in total. The number of aliphatic hydroxyl groups excluding tert-OH is 2. The smallest absolute Gasteiger partial charge is 0.343 e. The number of aromatic nitrogens is 2. The summed E-state index contributed by atoms with van der Waals surface area (Å²) in [6.45, 7) is 4.33. The van der Waals surface area contributed by atoms with E-state index in [4.69, 9.17) is 9.72 Å². The van der Waals surface area contributed by atoms with Gasteiger partial charge in [0.1, 0.15) is 12.4 Å². The van der Waals surface area contributed by atoms with Crippen LogP contribution >= 0.6 is 0 Å². The first kappa shape index (κ1) is 26.5. The van der Waals surface area contributed by atoms with E-state index in [0.29, 0.717) is 51.8 Å². The quantitative estimate of drug-likeness (QED) is 0.272. The van der Waals surface area contributed by atoms with Crippen LogP contribution in [0.1, 0.15) is 66.0 Å². The van der Waals surface area contributed by atoms with E-state index in [0.717, 1.165) is 5.56 Å². The Kier molecular flexibility index (Phi) is 6.10. The zero-order valence-electron chi connectivity index (χ0n) is 22.4. The molecule has 40 heavy (non-hydrogen) atoms. The van der Waals surface area contributed by atoms with Gasteiger partial charge in [-0.15, -0.1) is 0 Å². The number of benzene rings is 1. The lowest BCUT2D eigenvalue weighted by molar-refractivity contribution is -0.172. The Balaban J connectivity index is 1.60. The maximum Gasteiger partial charge on any atom is 0.343 e. The van der Waals surface area contributed by atoms with Crippen LogP contribution in [0.5, 0.6) is 0 Å². The molecule has 3 aliphatic rings. The summed E-state index contributed by atoms with van der Waals surface area (Å²) in [5.41, 5.74) is 1.64. The number of fused-ring (bicyclic) bond motifs is 5. The first-order chi connectivity index (χ1) is 19.0. The molecule has 0 bridgehead atoms. The molecule has 0 unspecified atom stereocenters. The number of pyridine rings is 2. The molecule has 0 radical (unpaired) electrons. The van der Waals surface area contributed by atoms with Crippen LogP contribution < -0.4 is 10.9 Å². The number of aliphatic hydroxyl groups is 3. The monoisotopic (exact) mass is 551 g/mol. The highest BCUT2D eigenvalue weighted by atomic mass is 19.1. The van der Waals surface area contributed by atoms with E-state index in [9.17, 15) is 29.7 Å². The SMILES string of the molecule is CC[C@@]1(O)C(=O)OCc2c1cc1n(c2=O)Cc2c-1nc1cc(F)c(C)c3c1c2[C@@H]([C@@H](O)[C@H](O)CNC(C)=O)CC3. The number of halogens is 1. The standard InChI is InChI=1S/C29H30FN3O7/c1-4-29(39)18-7-21-25-16(10-33(21)27(37)17(18)11-40-28(29)38)23-15(26(36)22(35)9-31-13(3)34)6-5-14-12(2)19(30)8-20(32-25)24(14)23/h7-8,15,22,26,35-36,39H,4-6,9-11H2,1-3H3,(H,31,34)/t15-,22+,26+,29-/m0/s1. The Hall–Kier alpha value is -3.67. The summed E-state index contributed by atoms with van der Waals surface area (Å²) in [7, 11) is 0. The molecule has 3 aromatic rings. The predicted octanol–water partition coefficient (Wildman–Crippen LogP) is 1.41. The molecule has 0 spiro atoms. The van der Waals surface area contributed by atoms with Crippen molar-refractivity contribution in [2.45, 2.75) is 76.9 Å². The molecule has 1 aromatic carbocycles. The number of amides is 1. The van der Waals surface area contributed by atoms with Gasteiger partial charge in [0.25, 0.3) is 5.56 Å². The van der Waals surface area contributed by atoms with Gasteiger partial charge in [-0.2, -0.15) is 0 Å². The van der Waals surface area contributed by atoms with Gasteiger partial charge >= 0.3 is 5.97 Å². The number of carbonyl (C=O) groups is 2. The minimum absolute atomic E-state index is 0.000710. The van der Waals surface area contributed by atoms with Crippen LogP contribution in [0.3, 0.4) is 0 Å². The van der Waals surface area contributed by atoms with Gasteiger partial charge in [-0.3, -0.25) is 9.59 Å². The van der Waals surface area contributed by atoms with Crippen LogP contribution in [0.2, 0.25) is 0 Å². The lowest BCUT2D eigenvalue weighted by Gasteiger charge is -2.34. The van der Waals surface area contributed by atoms with Crippen molar-refractivity contribution in [2.75, 3.05) is 6.54 Å². The second-order valence-electron chi connectivity index (χ2n) is 11.0. The molecule has 1 aliphatic carbocycles. The van der Waals surface area contributed by atoms with Gasteiger partial charge < -0.3 is 29.9 Å². The molecule has 6 rings (SSSR count). The first-order valence-corrected chi connectivity index (χ1v) is 13.4. The second kappa shape index (κ2) is 9.18. The van der Waals surface area contributed by atoms with Crippen LogP contribution in [-0.2, 0) is 39.5 Å². The zero-order chi connectivity index (χ0) is 28.7. The van der Waals surface area contributed by atoms with E-state index in [1.807, 2.05) is 0 Å². The van der Waals surface area contributed by atoms with Gasteiger partial charge in [0.15, 0.2) is 5.60 Å². The average Bonchev–Trinajstić information content (AvgIpc) is 3.30. The van der Waals surface area contributed by atoms with Gasteiger partial charge in [-0.1, -0.05) is 6.92 Å². The maximum absolute atomic E-state index is 15.0. The van der Waals surface area contributed by atoms with Crippen molar-refractivity contribution in [3.63, 3.8) is 0 Å². The van der Waals surface area contributed by atoms with Crippen molar-refractivity contribution in [3.8, 4) is 11.4 Å².